The molecule has 1 aromatic carbocycles. The summed E-state index contributed by atoms with van der Waals surface area (Å²) in [5, 5.41) is 13.4. The van der Waals surface area contributed by atoms with Gasteiger partial charge >= 0.3 is 5.97 Å². The fourth-order valence-corrected chi connectivity index (χ4v) is 4.76. The Hall–Kier alpha value is -2.20. The Morgan fingerprint density at radius 1 is 1.31 bits per heavy atom. The number of fused-ring (bicyclic) bond motifs is 2. The molecule has 0 amide bonds. The first-order chi connectivity index (χ1) is 14.1. The molecule has 0 bridgehead atoms. The van der Waals surface area contributed by atoms with E-state index in [1.807, 2.05) is 4.90 Å². The third kappa shape index (κ3) is 4.69. The lowest BCUT2D eigenvalue weighted by Crippen LogP contribution is -2.43. The van der Waals surface area contributed by atoms with E-state index < -0.39 is 5.97 Å². The number of rotatable bonds is 7. The standard InChI is InChI=1S/C20H25N5O3S/c1-28-13-25-16-10-14(2-3-17(16)29-20-19(25)21-6-7-22-20)11-23-15-4-8-24(9-5-15)12-18(26)27/h2-3,6-7,10,15,23H,4-5,8-9,11-13H2,1H3,(H,26,27). The van der Waals surface area contributed by atoms with Crippen molar-refractivity contribution in [2.24, 2.45) is 0 Å². The lowest BCUT2D eigenvalue weighted by atomic mass is 10.0. The van der Waals surface area contributed by atoms with Crippen LogP contribution >= 0.6 is 11.8 Å². The van der Waals surface area contributed by atoms with Crippen LogP contribution in [0.2, 0.25) is 0 Å². The van der Waals surface area contributed by atoms with Crippen molar-refractivity contribution in [3.63, 3.8) is 0 Å². The van der Waals surface area contributed by atoms with Crippen LogP contribution in [0.25, 0.3) is 0 Å². The second-order valence-corrected chi connectivity index (χ2v) is 8.29. The zero-order chi connectivity index (χ0) is 20.2. The maximum Gasteiger partial charge on any atom is 0.317 e. The molecule has 3 heterocycles. The lowest BCUT2D eigenvalue weighted by Gasteiger charge is -2.32. The number of aromatic nitrogens is 2. The fraction of sp³-hybridized carbons (Fsp3) is 0.450. The Morgan fingerprint density at radius 2 is 2.10 bits per heavy atom. The molecule has 2 aliphatic heterocycles. The van der Waals surface area contributed by atoms with E-state index in [-0.39, 0.29) is 6.54 Å². The lowest BCUT2D eigenvalue weighted by molar-refractivity contribution is -0.138. The molecule has 29 heavy (non-hydrogen) atoms. The second-order valence-electron chi connectivity index (χ2n) is 7.26. The summed E-state index contributed by atoms with van der Waals surface area (Å²) in [7, 11) is 1.68. The van der Waals surface area contributed by atoms with Gasteiger partial charge in [0.25, 0.3) is 0 Å². The van der Waals surface area contributed by atoms with E-state index >= 15 is 0 Å². The number of nitrogens with one attached hydrogen (secondary N) is 1. The molecule has 0 saturated carbocycles. The smallest absolute Gasteiger partial charge is 0.317 e. The number of benzene rings is 1. The van der Waals surface area contributed by atoms with Gasteiger partial charge in [-0.15, -0.1) is 0 Å². The third-order valence-electron chi connectivity index (χ3n) is 5.22. The zero-order valence-corrected chi connectivity index (χ0v) is 17.2. The minimum Gasteiger partial charge on any atom is -0.480 e. The summed E-state index contributed by atoms with van der Waals surface area (Å²) < 4.78 is 5.41. The Morgan fingerprint density at radius 3 is 2.86 bits per heavy atom. The van der Waals surface area contributed by atoms with Crippen molar-refractivity contribution in [1.29, 1.82) is 0 Å². The highest BCUT2D eigenvalue weighted by Crippen LogP contribution is 2.46. The number of likely N-dealkylation sites (tertiary alicyclic amines) is 1. The van der Waals surface area contributed by atoms with Crippen molar-refractivity contribution in [3.8, 4) is 0 Å². The molecule has 8 nitrogen and oxygen atoms in total. The van der Waals surface area contributed by atoms with E-state index in [1.54, 1.807) is 31.3 Å². The van der Waals surface area contributed by atoms with Crippen molar-refractivity contribution < 1.29 is 14.6 Å². The maximum atomic E-state index is 10.8. The van der Waals surface area contributed by atoms with Gasteiger partial charge in [-0.2, -0.15) is 0 Å². The molecule has 9 heteroatoms. The summed E-state index contributed by atoms with van der Waals surface area (Å²) >= 11 is 1.63. The number of aliphatic carboxylic acids is 1. The maximum absolute atomic E-state index is 10.8. The number of ether oxygens (including phenoxy) is 1. The van der Waals surface area contributed by atoms with Gasteiger partial charge in [0, 0.05) is 50.1 Å². The predicted molar refractivity (Wildman–Crippen MR) is 111 cm³/mol. The van der Waals surface area contributed by atoms with Crippen LogP contribution in [0.5, 0.6) is 0 Å². The van der Waals surface area contributed by atoms with Crippen LogP contribution in [0.1, 0.15) is 18.4 Å². The predicted octanol–water partition coefficient (Wildman–Crippen LogP) is 2.32. The van der Waals surface area contributed by atoms with Gasteiger partial charge in [0.15, 0.2) is 5.82 Å². The highest BCUT2D eigenvalue weighted by molar-refractivity contribution is 7.99. The molecular weight excluding hydrogens is 390 g/mol. The number of nitrogens with zero attached hydrogens (tertiary/aromatic N) is 4. The van der Waals surface area contributed by atoms with E-state index in [0.717, 1.165) is 53.9 Å². The third-order valence-corrected chi connectivity index (χ3v) is 6.27. The summed E-state index contributed by atoms with van der Waals surface area (Å²) in [5.74, 6) is 0.0676. The van der Waals surface area contributed by atoms with E-state index in [1.165, 1.54) is 5.56 Å². The van der Waals surface area contributed by atoms with Gasteiger partial charge in [0.2, 0.25) is 0 Å². The number of carboxylic acid groups (broad SMARTS) is 1. The van der Waals surface area contributed by atoms with Gasteiger partial charge in [0.1, 0.15) is 11.8 Å². The van der Waals surface area contributed by atoms with E-state index in [0.29, 0.717) is 12.8 Å². The Bertz CT molecular complexity index is 873. The van der Waals surface area contributed by atoms with E-state index in [2.05, 4.69) is 38.4 Å². The number of carboxylic acids is 1. The molecule has 0 spiro atoms. The van der Waals surface area contributed by atoms with E-state index in [9.17, 15) is 4.79 Å². The molecule has 0 radical (unpaired) electrons. The minimum absolute atomic E-state index is 0.134. The quantitative estimate of drug-likeness (QED) is 0.707. The highest BCUT2D eigenvalue weighted by Gasteiger charge is 2.26. The second kappa shape index (κ2) is 9.08. The zero-order valence-electron chi connectivity index (χ0n) is 16.4. The van der Waals surface area contributed by atoms with E-state index in [4.69, 9.17) is 9.84 Å². The number of hydrogen-bond donors (Lipinski definition) is 2. The number of piperidine rings is 1. The molecule has 2 aromatic rings. The summed E-state index contributed by atoms with van der Waals surface area (Å²) in [6.45, 7) is 2.96. The molecule has 4 rings (SSSR count). The van der Waals surface area contributed by atoms with Crippen molar-refractivity contribution in [2.45, 2.75) is 35.3 Å². The Kier molecular flexibility index (Phi) is 6.29. The SMILES string of the molecule is COCN1c2cc(CNC3CCN(CC(=O)O)CC3)ccc2Sc2nccnc21. The van der Waals surface area contributed by atoms with Gasteiger partial charge < -0.3 is 15.2 Å². The average molecular weight is 416 g/mol. The molecule has 154 valence electrons. The molecule has 0 unspecified atom stereocenters. The molecule has 2 N–H and O–H groups in total. The molecule has 1 fully saturated rings. The number of methoxy groups -OCH3 is 1. The van der Waals surface area contributed by atoms with Gasteiger partial charge in [-0.1, -0.05) is 17.8 Å². The van der Waals surface area contributed by atoms with Crippen molar-refractivity contribution in [3.05, 3.63) is 36.2 Å². The first-order valence-electron chi connectivity index (χ1n) is 9.70. The van der Waals surface area contributed by atoms with Crippen LogP contribution in [0.15, 0.2) is 40.5 Å². The molecule has 0 aliphatic carbocycles. The molecule has 1 aromatic heterocycles. The Labute approximate surface area is 174 Å². The van der Waals surface area contributed by atoms with Crippen LogP contribution in [-0.2, 0) is 16.1 Å². The topological polar surface area (TPSA) is 90.8 Å². The first kappa shape index (κ1) is 20.1. The summed E-state index contributed by atoms with van der Waals surface area (Å²) in [6.07, 6.45) is 5.34. The minimum atomic E-state index is -0.754. The Balaban J connectivity index is 1.41. The van der Waals surface area contributed by atoms with Crippen LogP contribution in [0, 0.1) is 0 Å². The monoisotopic (exact) mass is 415 g/mol. The highest BCUT2D eigenvalue weighted by atomic mass is 32.2. The van der Waals surface area contributed by atoms with Crippen molar-refractivity contribution in [1.82, 2.24) is 20.2 Å². The normalized spacial score (nSPS) is 17.1. The number of carbonyl (C=O) groups is 1. The van der Waals surface area contributed by atoms with Crippen LogP contribution in [0.3, 0.4) is 0 Å². The molecular formula is C20H25N5O3S. The van der Waals surface area contributed by atoms with Gasteiger partial charge in [-0.25, -0.2) is 9.97 Å². The largest absolute Gasteiger partial charge is 0.480 e. The molecule has 0 atom stereocenters. The van der Waals surface area contributed by atoms with Crippen molar-refractivity contribution >= 4 is 29.2 Å². The summed E-state index contributed by atoms with van der Waals surface area (Å²) in [5.41, 5.74) is 2.28. The van der Waals surface area contributed by atoms with Crippen LogP contribution < -0.4 is 10.2 Å². The molecule has 2 aliphatic rings. The number of anilines is 2. The van der Waals surface area contributed by atoms with Gasteiger partial charge in [-0.3, -0.25) is 14.6 Å². The van der Waals surface area contributed by atoms with Crippen molar-refractivity contribution in [2.75, 3.05) is 38.4 Å². The summed E-state index contributed by atoms with van der Waals surface area (Å²) in [6, 6.07) is 6.87. The average Bonchev–Trinajstić information content (AvgIpc) is 2.73. The van der Waals surface area contributed by atoms with Crippen LogP contribution in [-0.4, -0.2) is 65.5 Å². The van der Waals surface area contributed by atoms with Gasteiger partial charge in [0.05, 0.1) is 12.2 Å². The first-order valence-corrected chi connectivity index (χ1v) is 10.5. The fourth-order valence-electron chi connectivity index (χ4n) is 3.77. The van der Waals surface area contributed by atoms with Gasteiger partial charge in [-0.05, 0) is 30.5 Å². The number of hydrogen-bond acceptors (Lipinski definition) is 8. The molecule has 1 saturated heterocycles. The summed E-state index contributed by atoms with van der Waals surface area (Å²) in [4.78, 5) is 25.0. The van der Waals surface area contributed by atoms with Crippen LogP contribution in [0.4, 0.5) is 11.5 Å².